The highest BCUT2D eigenvalue weighted by molar-refractivity contribution is 7.90. The minimum Gasteiger partial charge on any atom is -0.379 e. The van der Waals surface area contributed by atoms with E-state index in [0.717, 1.165) is 67.1 Å². The minimum atomic E-state index is -3.49. The van der Waals surface area contributed by atoms with Gasteiger partial charge < -0.3 is 19.7 Å². The van der Waals surface area contributed by atoms with Crippen LogP contribution in [0.4, 0.5) is 5.82 Å². The molecule has 3 aromatic heterocycles. The summed E-state index contributed by atoms with van der Waals surface area (Å²) in [6, 6.07) is 16.2. The van der Waals surface area contributed by atoms with Crippen LogP contribution in [0.25, 0.3) is 22.3 Å². The number of fused-ring (bicyclic) bond motifs is 1. The standard InChI is InChI=1S/C35H42N6O5S/c1-23-8-9-26(18-33(23)47(4,43)44)35(42)39-30(12-13-40-14-16-45-17-15-40)32-19-31-27(20-36-32)10-11-29(37-31)28-6-5-7-34(38-28)41-21-24(2)46-25(3)22-41/h5-11,18-20,24-25,30H,12-17,21-22H2,1-4H3,(H,39,42)/t24-,25+,30-/m1/s1. The van der Waals surface area contributed by atoms with Gasteiger partial charge in [0.1, 0.15) is 5.82 Å². The molecule has 4 aromatic rings. The van der Waals surface area contributed by atoms with Crippen molar-refractivity contribution in [3.8, 4) is 11.4 Å². The average Bonchev–Trinajstić information content (AvgIpc) is 3.06. The first-order chi connectivity index (χ1) is 22.5. The zero-order chi connectivity index (χ0) is 33.1. The van der Waals surface area contributed by atoms with Gasteiger partial charge in [0.15, 0.2) is 9.84 Å². The van der Waals surface area contributed by atoms with Gasteiger partial charge in [-0.2, -0.15) is 0 Å². The number of anilines is 1. The molecule has 1 amide bonds. The number of sulfone groups is 1. The van der Waals surface area contributed by atoms with E-state index in [-0.39, 0.29) is 28.6 Å². The Hall–Kier alpha value is -3.97. The summed E-state index contributed by atoms with van der Waals surface area (Å²) in [5.41, 5.74) is 3.81. The number of carbonyl (C=O) groups is 1. The van der Waals surface area contributed by atoms with Crippen LogP contribution in [0.1, 0.15) is 47.9 Å². The molecule has 12 heteroatoms. The first kappa shape index (κ1) is 33.0. The van der Waals surface area contributed by atoms with Gasteiger partial charge in [0.2, 0.25) is 0 Å². The number of nitrogens with one attached hydrogen (secondary N) is 1. The topological polar surface area (TPSA) is 127 Å². The molecule has 248 valence electrons. The van der Waals surface area contributed by atoms with Crippen molar-refractivity contribution >= 4 is 32.5 Å². The number of benzene rings is 1. The van der Waals surface area contributed by atoms with Crippen LogP contribution in [-0.2, 0) is 19.3 Å². The van der Waals surface area contributed by atoms with E-state index in [4.69, 9.17) is 24.4 Å². The molecule has 3 atom stereocenters. The Balaban J connectivity index is 1.29. The number of nitrogens with zero attached hydrogens (tertiary/aromatic N) is 5. The number of aromatic nitrogens is 3. The van der Waals surface area contributed by atoms with E-state index < -0.39 is 15.9 Å². The molecule has 1 aromatic carbocycles. The number of hydrogen-bond acceptors (Lipinski definition) is 10. The summed E-state index contributed by atoms with van der Waals surface area (Å²) < 4.78 is 36.1. The lowest BCUT2D eigenvalue weighted by Gasteiger charge is -2.36. The van der Waals surface area contributed by atoms with Gasteiger partial charge in [0.05, 0.1) is 59.0 Å². The summed E-state index contributed by atoms with van der Waals surface area (Å²) in [5, 5.41) is 4.01. The molecule has 2 aliphatic heterocycles. The van der Waals surface area contributed by atoms with E-state index in [1.165, 1.54) is 6.07 Å². The van der Waals surface area contributed by atoms with Gasteiger partial charge in [-0.05, 0) is 75.2 Å². The minimum absolute atomic E-state index is 0.123. The molecule has 5 heterocycles. The van der Waals surface area contributed by atoms with Gasteiger partial charge in [0, 0.05) is 56.1 Å². The molecule has 2 aliphatic rings. The van der Waals surface area contributed by atoms with Gasteiger partial charge in [-0.1, -0.05) is 12.1 Å². The molecular weight excluding hydrogens is 616 g/mol. The fraction of sp³-hybridized carbons (Fsp3) is 0.429. The van der Waals surface area contributed by atoms with Gasteiger partial charge in [0.25, 0.3) is 5.91 Å². The maximum atomic E-state index is 13.6. The van der Waals surface area contributed by atoms with E-state index in [0.29, 0.717) is 30.9 Å². The lowest BCUT2D eigenvalue weighted by molar-refractivity contribution is -0.00545. The fourth-order valence-corrected chi connectivity index (χ4v) is 7.28. The fourth-order valence-electron chi connectivity index (χ4n) is 6.28. The summed E-state index contributed by atoms with van der Waals surface area (Å²) in [7, 11) is -3.49. The maximum absolute atomic E-state index is 13.6. The first-order valence-electron chi connectivity index (χ1n) is 16.1. The SMILES string of the molecule is Cc1ccc(C(=O)N[C@H](CCN2CCOCC2)c2cc3nc(-c4cccc(N5C[C@@H](C)O[C@@H](C)C5)n4)ccc3cn2)cc1S(C)(=O)=O. The first-order valence-corrected chi connectivity index (χ1v) is 18.0. The number of amides is 1. The van der Waals surface area contributed by atoms with Crippen LogP contribution in [0.3, 0.4) is 0 Å². The van der Waals surface area contributed by atoms with Crippen LogP contribution in [-0.4, -0.2) is 98.6 Å². The Morgan fingerprint density at radius 2 is 1.74 bits per heavy atom. The Morgan fingerprint density at radius 3 is 2.49 bits per heavy atom. The average molecular weight is 659 g/mol. The van der Waals surface area contributed by atoms with Crippen molar-refractivity contribution in [1.29, 1.82) is 0 Å². The predicted molar refractivity (Wildman–Crippen MR) is 181 cm³/mol. The number of carbonyl (C=O) groups excluding carboxylic acids is 1. The van der Waals surface area contributed by atoms with Crippen LogP contribution in [0.2, 0.25) is 0 Å². The molecule has 0 bridgehead atoms. The molecule has 0 spiro atoms. The van der Waals surface area contributed by atoms with Gasteiger partial charge in [-0.3, -0.25) is 14.7 Å². The second-order valence-corrected chi connectivity index (χ2v) is 14.5. The molecule has 11 nitrogen and oxygen atoms in total. The van der Waals surface area contributed by atoms with E-state index in [1.807, 2.05) is 36.4 Å². The third-order valence-electron chi connectivity index (χ3n) is 8.69. The molecule has 0 saturated carbocycles. The molecule has 2 saturated heterocycles. The van der Waals surface area contributed by atoms with E-state index in [1.54, 1.807) is 25.3 Å². The second kappa shape index (κ2) is 14.0. The number of rotatable bonds is 9. The van der Waals surface area contributed by atoms with Crippen LogP contribution in [0.15, 0.2) is 65.7 Å². The Kier molecular flexibility index (Phi) is 9.83. The molecule has 0 unspecified atom stereocenters. The van der Waals surface area contributed by atoms with Gasteiger partial charge in [-0.25, -0.2) is 18.4 Å². The number of pyridine rings is 3. The highest BCUT2D eigenvalue weighted by Crippen LogP contribution is 2.26. The van der Waals surface area contributed by atoms with Crippen molar-refractivity contribution in [2.45, 2.75) is 50.3 Å². The molecule has 47 heavy (non-hydrogen) atoms. The van der Waals surface area contributed by atoms with Crippen molar-refractivity contribution in [3.05, 3.63) is 77.6 Å². The summed E-state index contributed by atoms with van der Waals surface area (Å²) in [5.74, 6) is 0.529. The van der Waals surface area contributed by atoms with Crippen LogP contribution in [0, 0.1) is 6.92 Å². The lowest BCUT2D eigenvalue weighted by atomic mass is 10.1. The number of ether oxygens (including phenoxy) is 2. The molecular formula is C35H42N6O5S. The molecule has 1 N–H and O–H groups in total. The van der Waals surface area contributed by atoms with Crippen molar-refractivity contribution < 1.29 is 22.7 Å². The van der Waals surface area contributed by atoms with Crippen LogP contribution < -0.4 is 10.2 Å². The van der Waals surface area contributed by atoms with E-state index in [2.05, 4.69) is 29.0 Å². The number of hydrogen-bond donors (Lipinski definition) is 1. The Bertz CT molecular complexity index is 1850. The zero-order valence-electron chi connectivity index (χ0n) is 27.3. The molecule has 0 aliphatic carbocycles. The summed E-state index contributed by atoms with van der Waals surface area (Å²) in [4.78, 5) is 33.0. The lowest BCUT2D eigenvalue weighted by Crippen LogP contribution is -2.45. The van der Waals surface area contributed by atoms with Gasteiger partial charge >= 0.3 is 0 Å². The van der Waals surface area contributed by atoms with E-state index >= 15 is 0 Å². The second-order valence-electron chi connectivity index (χ2n) is 12.6. The van der Waals surface area contributed by atoms with Gasteiger partial charge in [-0.15, -0.1) is 0 Å². The van der Waals surface area contributed by atoms with E-state index in [9.17, 15) is 13.2 Å². The molecule has 0 radical (unpaired) electrons. The molecule has 6 rings (SSSR count). The largest absolute Gasteiger partial charge is 0.379 e. The van der Waals surface area contributed by atoms with Crippen molar-refractivity contribution in [2.24, 2.45) is 0 Å². The number of morpholine rings is 2. The Labute approximate surface area is 276 Å². The molecule has 2 fully saturated rings. The Morgan fingerprint density at radius 1 is 1.00 bits per heavy atom. The smallest absolute Gasteiger partial charge is 0.251 e. The quantitative estimate of drug-likeness (QED) is 0.280. The van der Waals surface area contributed by atoms with Crippen LogP contribution in [0.5, 0.6) is 0 Å². The zero-order valence-corrected chi connectivity index (χ0v) is 28.2. The highest BCUT2D eigenvalue weighted by atomic mass is 32.2. The highest BCUT2D eigenvalue weighted by Gasteiger charge is 2.24. The third-order valence-corrected chi connectivity index (χ3v) is 9.92. The van der Waals surface area contributed by atoms with Crippen LogP contribution >= 0.6 is 0 Å². The maximum Gasteiger partial charge on any atom is 0.251 e. The van der Waals surface area contributed by atoms with Crippen molar-refractivity contribution in [1.82, 2.24) is 25.2 Å². The monoisotopic (exact) mass is 658 g/mol. The summed E-state index contributed by atoms with van der Waals surface area (Å²) in [6.07, 6.45) is 3.78. The van der Waals surface area contributed by atoms with Crippen molar-refractivity contribution in [2.75, 3.05) is 57.1 Å². The van der Waals surface area contributed by atoms with Crippen molar-refractivity contribution in [3.63, 3.8) is 0 Å². The summed E-state index contributed by atoms with van der Waals surface area (Å²) in [6.45, 7) is 11.1. The predicted octanol–water partition coefficient (Wildman–Crippen LogP) is 4.21. The summed E-state index contributed by atoms with van der Waals surface area (Å²) >= 11 is 0. The number of aryl methyl sites for hydroxylation is 1. The third kappa shape index (κ3) is 7.95. The normalized spacial score (nSPS) is 19.9.